The second-order valence-corrected chi connectivity index (χ2v) is 21.3. The van der Waals surface area contributed by atoms with Crippen LogP contribution in [-0.2, 0) is 0 Å². The highest BCUT2D eigenvalue weighted by Gasteiger charge is 2.25. The molecule has 0 atom stereocenters. The van der Waals surface area contributed by atoms with Gasteiger partial charge in [-0.25, -0.2) is 24.9 Å². The minimum absolute atomic E-state index is 0.653. The number of nitrogens with zero attached hydrogens (tertiary/aromatic N) is 8. The summed E-state index contributed by atoms with van der Waals surface area (Å²) in [6, 6.07) is 95.9. The van der Waals surface area contributed by atoms with Gasteiger partial charge in [-0.2, -0.15) is 0 Å². The molecule has 0 fully saturated rings. The molecule has 5 aromatic heterocycles. The molecule has 0 bridgehead atoms. The van der Waals surface area contributed by atoms with Crippen LogP contribution in [-0.4, -0.2) is 38.6 Å². The summed E-state index contributed by atoms with van der Waals surface area (Å²) in [6.45, 7) is 3.85. The van der Waals surface area contributed by atoms with Gasteiger partial charge in [0.25, 0.3) is 0 Å². The predicted molar refractivity (Wildman–Crippen MR) is 341 cm³/mol. The minimum Gasteiger partial charge on any atom is -0.309 e. The van der Waals surface area contributed by atoms with E-state index in [0.717, 1.165) is 117 Å². The molecule has 0 amide bonds. The maximum absolute atomic E-state index is 5.48. The van der Waals surface area contributed by atoms with Crippen molar-refractivity contribution in [2.45, 2.75) is 13.8 Å². The van der Waals surface area contributed by atoms with Crippen LogP contribution in [0.25, 0.3) is 150 Å². The number of rotatable bonds is 9. The third-order valence-electron chi connectivity index (χ3n) is 16.3. The molecule has 0 aliphatic rings. The molecule has 83 heavy (non-hydrogen) atoms. The number of hydrogen-bond acceptors (Lipinski definition) is 5. The van der Waals surface area contributed by atoms with Gasteiger partial charge in [0, 0.05) is 77.1 Å². The largest absolute Gasteiger partial charge is 0.309 e. The van der Waals surface area contributed by atoms with Crippen LogP contribution in [0.15, 0.2) is 267 Å². The summed E-state index contributed by atoms with van der Waals surface area (Å²) in [5.74, 6) is 2.68. The minimum atomic E-state index is 0.653. The van der Waals surface area contributed by atoms with E-state index in [-0.39, 0.29) is 0 Å². The average molecular weight is 1060 g/mol. The van der Waals surface area contributed by atoms with E-state index in [1.807, 2.05) is 38.1 Å². The Morgan fingerprint density at radius 2 is 0.602 bits per heavy atom. The number of hydrogen-bond donors (Lipinski definition) is 0. The van der Waals surface area contributed by atoms with Crippen molar-refractivity contribution in [1.82, 2.24) is 38.6 Å². The Morgan fingerprint density at radius 1 is 0.241 bits per heavy atom. The molecular weight excluding hydrogens is 1010 g/mol. The second kappa shape index (κ2) is 19.3. The van der Waals surface area contributed by atoms with Crippen molar-refractivity contribution in [1.29, 1.82) is 0 Å². The maximum atomic E-state index is 5.48. The monoisotopic (exact) mass is 1060 g/mol. The first kappa shape index (κ1) is 47.9. The van der Waals surface area contributed by atoms with Crippen molar-refractivity contribution in [3.05, 3.63) is 279 Å². The Kier molecular flexibility index (Phi) is 11.1. The van der Waals surface area contributed by atoms with Crippen LogP contribution in [0.3, 0.4) is 0 Å². The molecule has 5 heterocycles. The van der Waals surface area contributed by atoms with Crippen LogP contribution in [0, 0.1) is 13.8 Å². The van der Waals surface area contributed by atoms with Crippen LogP contribution in [0.4, 0.5) is 0 Å². The van der Waals surface area contributed by atoms with E-state index in [2.05, 4.69) is 261 Å². The molecule has 0 saturated heterocycles. The van der Waals surface area contributed by atoms with E-state index in [1.165, 1.54) is 21.5 Å². The van der Waals surface area contributed by atoms with Gasteiger partial charge in [0.15, 0.2) is 11.6 Å². The Labute approximate surface area is 478 Å². The van der Waals surface area contributed by atoms with Gasteiger partial charge in [-0.15, -0.1) is 0 Å². The van der Waals surface area contributed by atoms with Gasteiger partial charge in [0.05, 0.1) is 50.2 Å². The standard InChI is InChI=1S/C75H50N8/c1-47-76-48(2)78-75(77-47)53-37-42-72-64(43-53)61-27-13-18-32-71(61)83(72)73-62(49-33-38-55(39-34-49)81-67-28-14-9-23-57(67)58-24-10-15-29-68(58)81)44-54(66-46-65(51-19-5-3-6-20-51)79-74(80-66)52-21-7-4-8-22-52)45-63(73)50-35-40-56(41-36-50)82-69-30-16-11-25-59(69)60-26-12-17-31-70(60)82/h3-46H,1-2H3. The van der Waals surface area contributed by atoms with Crippen molar-refractivity contribution in [2.24, 2.45) is 0 Å². The molecule has 0 N–H and O–H groups in total. The summed E-state index contributed by atoms with van der Waals surface area (Å²) in [5.41, 5.74) is 19.6. The highest BCUT2D eigenvalue weighted by Crippen LogP contribution is 2.46. The van der Waals surface area contributed by atoms with Gasteiger partial charge in [-0.05, 0) is 116 Å². The van der Waals surface area contributed by atoms with Crippen molar-refractivity contribution in [3.8, 4) is 84.6 Å². The molecule has 8 heteroatoms. The molecule has 0 radical (unpaired) electrons. The van der Waals surface area contributed by atoms with E-state index in [9.17, 15) is 0 Å². The van der Waals surface area contributed by atoms with E-state index >= 15 is 0 Å². The van der Waals surface area contributed by atoms with E-state index in [1.54, 1.807) is 0 Å². The summed E-state index contributed by atoms with van der Waals surface area (Å²) >= 11 is 0. The predicted octanol–water partition coefficient (Wildman–Crippen LogP) is 18.6. The fraction of sp³-hybridized carbons (Fsp3) is 0.0267. The second-order valence-electron chi connectivity index (χ2n) is 21.3. The van der Waals surface area contributed by atoms with E-state index in [4.69, 9.17) is 19.9 Å². The van der Waals surface area contributed by atoms with Crippen molar-refractivity contribution >= 4 is 65.4 Å². The zero-order valence-corrected chi connectivity index (χ0v) is 45.5. The molecule has 16 aromatic rings. The van der Waals surface area contributed by atoms with Gasteiger partial charge in [-0.1, -0.05) is 176 Å². The molecule has 0 unspecified atom stereocenters. The number of aromatic nitrogens is 8. The Morgan fingerprint density at radius 3 is 1.07 bits per heavy atom. The van der Waals surface area contributed by atoms with Crippen LogP contribution in [0.2, 0.25) is 0 Å². The first-order valence-corrected chi connectivity index (χ1v) is 28.1. The quantitative estimate of drug-likeness (QED) is 0.144. The fourth-order valence-corrected chi connectivity index (χ4v) is 12.6. The number of para-hydroxylation sites is 5. The molecule has 11 aromatic carbocycles. The Balaban J connectivity index is 0.994. The summed E-state index contributed by atoms with van der Waals surface area (Å²) in [5, 5.41) is 7.10. The van der Waals surface area contributed by atoms with E-state index in [0.29, 0.717) is 23.3 Å². The highest BCUT2D eigenvalue weighted by atomic mass is 15.0. The number of fused-ring (bicyclic) bond motifs is 9. The molecule has 0 aliphatic carbocycles. The lowest BCUT2D eigenvalue weighted by molar-refractivity contribution is 0.929. The van der Waals surface area contributed by atoms with Gasteiger partial charge < -0.3 is 13.7 Å². The summed E-state index contributed by atoms with van der Waals surface area (Å²) in [6.07, 6.45) is 0. The molecule has 0 saturated carbocycles. The lowest BCUT2D eigenvalue weighted by Crippen LogP contribution is -2.03. The van der Waals surface area contributed by atoms with Crippen LogP contribution < -0.4 is 0 Å². The normalized spacial score (nSPS) is 11.7. The number of benzene rings is 11. The lowest BCUT2D eigenvalue weighted by Gasteiger charge is -2.22. The molecule has 8 nitrogen and oxygen atoms in total. The third-order valence-corrected chi connectivity index (χ3v) is 16.3. The molecule has 16 rings (SSSR count). The topological polar surface area (TPSA) is 79.2 Å². The van der Waals surface area contributed by atoms with Gasteiger partial charge in [-0.3, -0.25) is 0 Å². The van der Waals surface area contributed by atoms with Gasteiger partial charge in [0.2, 0.25) is 0 Å². The lowest BCUT2D eigenvalue weighted by atomic mass is 9.91. The van der Waals surface area contributed by atoms with E-state index < -0.39 is 0 Å². The molecule has 0 aliphatic heterocycles. The Bertz CT molecular complexity index is 4850. The van der Waals surface area contributed by atoms with Crippen LogP contribution >= 0.6 is 0 Å². The smallest absolute Gasteiger partial charge is 0.163 e. The van der Waals surface area contributed by atoms with Gasteiger partial charge >= 0.3 is 0 Å². The third kappa shape index (κ3) is 8.02. The van der Waals surface area contributed by atoms with Crippen LogP contribution in [0.5, 0.6) is 0 Å². The molecule has 390 valence electrons. The van der Waals surface area contributed by atoms with Crippen molar-refractivity contribution < 1.29 is 0 Å². The molecule has 0 spiro atoms. The van der Waals surface area contributed by atoms with Crippen molar-refractivity contribution in [3.63, 3.8) is 0 Å². The average Bonchev–Trinajstić information content (AvgIpc) is 3.29. The van der Waals surface area contributed by atoms with Crippen molar-refractivity contribution in [2.75, 3.05) is 0 Å². The summed E-state index contributed by atoms with van der Waals surface area (Å²) < 4.78 is 7.24. The Hall–Kier alpha value is -11.1. The highest BCUT2D eigenvalue weighted by molar-refractivity contribution is 6.13. The van der Waals surface area contributed by atoms with Gasteiger partial charge in [0.1, 0.15) is 11.6 Å². The fourth-order valence-electron chi connectivity index (χ4n) is 12.6. The maximum Gasteiger partial charge on any atom is 0.163 e. The zero-order valence-electron chi connectivity index (χ0n) is 45.5. The first-order chi connectivity index (χ1) is 41.0. The molecular formula is C75H50N8. The first-order valence-electron chi connectivity index (χ1n) is 28.1. The number of aryl methyl sites for hydroxylation is 2. The van der Waals surface area contributed by atoms with Crippen LogP contribution in [0.1, 0.15) is 11.6 Å². The summed E-state index contributed by atoms with van der Waals surface area (Å²) in [4.78, 5) is 24.9. The summed E-state index contributed by atoms with van der Waals surface area (Å²) in [7, 11) is 0. The SMILES string of the molecule is Cc1nc(C)nc(-c2ccc3c(c2)c2ccccc2n3-c2c(-c3ccc(-n4c5ccccc5c5ccccc54)cc3)cc(-c3cc(-c4ccccc4)nc(-c4ccccc4)n3)cc2-c2ccc(-n3c4ccccc4c4ccccc43)cc2)n1. The zero-order chi connectivity index (χ0) is 55.1.